The minimum atomic E-state index is -1.70. The van der Waals surface area contributed by atoms with E-state index in [1.807, 2.05) is 65.0 Å². The predicted octanol–water partition coefficient (Wildman–Crippen LogP) is 4.92. The molecule has 3 fully saturated rings. The summed E-state index contributed by atoms with van der Waals surface area (Å²) in [4.78, 5) is 51.7. The summed E-state index contributed by atoms with van der Waals surface area (Å²) in [7, 11) is 0. The molecule has 0 bridgehead atoms. The van der Waals surface area contributed by atoms with Crippen molar-refractivity contribution in [1.29, 1.82) is 0 Å². The number of carboxylic acid groups (broad SMARTS) is 1. The van der Waals surface area contributed by atoms with Crippen LogP contribution in [0.2, 0.25) is 0 Å². The molecule has 1 saturated heterocycles. The highest BCUT2D eigenvalue weighted by Gasteiger charge is 2.53. The van der Waals surface area contributed by atoms with E-state index in [1.54, 1.807) is 6.92 Å². The fourth-order valence-corrected chi connectivity index (χ4v) is 9.45. The first-order valence-electron chi connectivity index (χ1n) is 20.0. The molecule has 11 unspecified atom stereocenters. The summed E-state index contributed by atoms with van der Waals surface area (Å²) < 4.78 is 17.9. The third-order valence-corrected chi connectivity index (χ3v) is 12.8. The molecule has 0 radical (unpaired) electrons. The molecule has 0 aromatic rings. The number of aliphatic hydroxyl groups excluding tert-OH is 4. The van der Waals surface area contributed by atoms with Crippen LogP contribution >= 0.6 is 0 Å². The molecule has 12 heteroatoms. The lowest BCUT2D eigenvalue weighted by atomic mass is 9.65. The second-order valence-corrected chi connectivity index (χ2v) is 17.0. The Morgan fingerprint density at radius 1 is 1.02 bits per heavy atom. The standard InChI is InChI=1S/C44H60O12/c1-20(16-21(2)17-32(45)26(7)41(50)51)12-10-9-11-13-28-23(4)18-31-29(15-14-22(3)40(31)55-44-39(49)38(48)37(47)27(8)54-44)36-35(28)34-25(6)33(46)19-30(34)24(5)42(52)56-43(36)53/h9-13,18,21-22,25-29,31-33,36-37,39-40,44-47,49H,14-17,19H2,1-8H3,(H,50,51)/b10-9+,13-11+,20-12+,30-24-,35-34?/t21?,22?,25?,26?,27-,28?,29?,31?,32?,33?,36?,37-,39-,40?,44+/m0/s1. The van der Waals surface area contributed by atoms with E-state index in [0.717, 1.165) is 22.3 Å². The van der Waals surface area contributed by atoms with Crippen molar-refractivity contribution in [3.05, 3.63) is 69.9 Å². The molecule has 56 heavy (non-hydrogen) atoms. The smallest absolute Gasteiger partial charge is 0.341 e. The lowest BCUT2D eigenvalue weighted by Crippen LogP contribution is -2.57. The van der Waals surface area contributed by atoms with E-state index in [0.29, 0.717) is 36.8 Å². The number of Topliss-reactive ketones (excluding diaryl/α,β-unsaturated/α-hetero) is 1. The fourth-order valence-electron chi connectivity index (χ4n) is 9.45. The molecule has 2 aliphatic heterocycles. The molecule has 308 valence electrons. The first-order chi connectivity index (χ1) is 26.3. The summed E-state index contributed by atoms with van der Waals surface area (Å²) >= 11 is 0. The summed E-state index contributed by atoms with van der Waals surface area (Å²) in [6.45, 7) is 14.6. The molecule has 12 nitrogen and oxygen atoms in total. The van der Waals surface area contributed by atoms with E-state index in [4.69, 9.17) is 14.2 Å². The first-order valence-corrected chi connectivity index (χ1v) is 20.0. The number of hydrogen-bond donors (Lipinski definition) is 5. The number of cyclic esters (lactones) is 2. The van der Waals surface area contributed by atoms with Crippen LogP contribution in [0.5, 0.6) is 0 Å². The maximum absolute atomic E-state index is 14.4. The van der Waals surface area contributed by atoms with Crippen molar-refractivity contribution in [2.75, 3.05) is 0 Å². The maximum Gasteiger partial charge on any atom is 0.341 e. The fraction of sp³-hybridized carbons (Fsp3) is 0.636. The van der Waals surface area contributed by atoms with Crippen LogP contribution in [-0.4, -0.2) is 92.1 Å². The van der Waals surface area contributed by atoms with Gasteiger partial charge < -0.3 is 39.7 Å². The summed E-state index contributed by atoms with van der Waals surface area (Å²) in [5.41, 5.74) is 4.56. The number of ether oxygens (including phenoxy) is 3. The van der Waals surface area contributed by atoms with Crippen LogP contribution in [-0.2, 0) is 33.4 Å². The predicted molar refractivity (Wildman–Crippen MR) is 206 cm³/mol. The molecular weight excluding hydrogens is 720 g/mol. The second-order valence-electron chi connectivity index (χ2n) is 17.0. The number of aliphatic carboxylic acids is 1. The van der Waals surface area contributed by atoms with Gasteiger partial charge in [0.05, 0.1) is 36.3 Å². The minimum absolute atomic E-state index is 0.0685. The molecule has 0 amide bonds. The van der Waals surface area contributed by atoms with E-state index < -0.39 is 96.2 Å². The molecule has 0 spiro atoms. The second kappa shape index (κ2) is 18.0. The molecule has 2 heterocycles. The van der Waals surface area contributed by atoms with Crippen molar-refractivity contribution < 1.29 is 58.9 Å². The quantitative estimate of drug-likeness (QED) is 0.0823. The normalized spacial score (nSPS) is 38.6. The van der Waals surface area contributed by atoms with E-state index in [-0.39, 0.29) is 24.2 Å². The van der Waals surface area contributed by atoms with Crippen LogP contribution in [0, 0.1) is 47.3 Å². The number of ketones is 1. The number of hydrogen-bond acceptors (Lipinski definition) is 11. The van der Waals surface area contributed by atoms with E-state index >= 15 is 0 Å². The molecule has 2 saturated carbocycles. The monoisotopic (exact) mass is 780 g/mol. The highest BCUT2D eigenvalue weighted by atomic mass is 16.7. The maximum atomic E-state index is 14.4. The topological polar surface area (TPSA) is 197 Å². The van der Waals surface area contributed by atoms with Crippen molar-refractivity contribution >= 4 is 23.7 Å². The molecule has 5 N–H and O–H groups in total. The van der Waals surface area contributed by atoms with Crippen molar-refractivity contribution in [2.45, 2.75) is 130 Å². The van der Waals surface area contributed by atoms with Crippen LogP contribution < -0.4 is 0 Å². The number of rotatable bonds is 11. The Kier molecular flexibility index (Phi) is 14.0. The number of carbonyl (C=O) groups excluding carboxylic acids is 3. The van der Waals surface area contributed by atoms with Gasteiger partial charge in [-0.2, -0.15) is 0 Å². The zero-order chi connectivity index (χ0) is 41.3. The van der Waals surface area contributed by atoms with Crippen molar-refractivity contribution in [3.63, 3.8) is 0 Å². The van der Waals surface area contributed by atoms with Crippen molar-refractivity contribution in [1.82, 2.24) is 0 Å². The number of allylic oxidation sites excluding steroid dienone is 7. The summed E-state index contributed by atoms with van der Waals surface area (Å²) in [6, 6.07) is 0. The van der Waals surface area contributed by atoms with E-state index in [2.05, 4.69) is 6.08 Å². The van der Waals surface area contributed by atoms with E-state index in [1.165, 1.54) is 13.8 Å². The van der Waals surface area contributed by atoms with Crippen LogP contribution in [0.25, 0.3) is 0 Å². The average molecular weight is 781 g/mol. The number of esters is 2. The molecule has 3 aliphatic carbocycles. The van der Waals surface area contributed by atoms with Gasteiger partial charge in [0.2, 0.25) is 0 Å². The molecule has 0 aromatic carbocycles. The minimum Gasteiger partial charge on any atom is -0.481 e. The van der Waals surface area contributed by atoms with Crippen LogP contribution in [0.3, 0.4) is 0 Å². The van der Waals surface area contributed by atoms with Crippen molar-refractivity contribution in [2.24, 2.45) is 47.3 Å². The van der Waals surface area contributed by atoms with Gasteiger partial charge in [0.1, 0.15) is 6.10 Å². The third-order valence-electron chi connectivity index (χ3n) is 12.8. The Morgan fingerprint density at radius 2 is 1.71 bits per heavy atom. The number of aliphatic hydroxyl groups is 4. The van der Waals surface area contributed by atoms with Gasteiger partial charge in [-0.25, -0.2) is 4.79 Å². The Morgan fingerprint density at radius 3 is 2.39 bits per heavy atom. The highest BCUT2D eigenvalue weighted by molar-refractivity contribution is 5.99. The molecule has 0 aromatic heterocycles. The van der Waals surface area contributed by atoms with Gasteiger partial charge in [-0.1, -0.05) is 68.4 Å². The zero-order valence-electron chi connectivity index (χ0n) is 33.8. The molecule has 5 rings (SSSR count). The van der Waals surface area contributed by atoms with Crippen LogP contribution in [0.1, 0.15) is 87.5 Å². The number of carbonyl (C=O) groups is 4. The van der Waals surface area contributed by atoms with E-state index in [9.17, 15) is 44.7 Å². The van der Waals surface area contributed by atoms with Gasteiger partial charge >= 0.3 is 17.9 Å². The van der Waals surface area contributed by atoms with Gasteiger partial charge in [0, 0.05) is 23.3 Å². The van der Waals surface area contributed by atoms with Crippen molar-refractivity contribution in [3.8, 4) is 0 Å². The largest absolute Gasteiger partial charge is 0.481 e. The number of fused-ring (bicyclic) bond motifs is 4. The Balaban J connectivity index is 1.53. The molecule has 5 aliphatic rings. The van der Waals surface area contributed by atoms with Gasteiger partial charge in [-0.3, -0.25) is 14.4 Å². The SMILES string of the molecule is CC1=CC2C(CCC(C)C2O[C@H]2O[C@@H](C)[C@H](O)C(=O)[C@@H]2O)C2C(=O)OC(=O)/C(C)=C3/CC(O)C(C)C3=C2C1/C=C/C=C/C=C(\C)CC(C)CC(O)C(C)C(=O)O. The van der Waals surface area contributed by atoms with Crippen LogP contribution in [0.4, 0.5) is 0 Å². The van der Waals surface area contributed by atoms with Gasteiger partial charge in [0.25, 0.3) is 0 Å². The average Bonchev–Trinajstić information content (AvgIpc) is 3.36. The Bertz CT molecular complexity index is 1730. The van der Waals surface area contributed by atoms with Gasteiger partial charge in [-0.05, 0) is 101 Å². The number of carboxylic acids is 1. The highest BCUT2D eigenvalue weighted by Crippen LogP contribution is 2.54. The van der Waals surface area contributed by atoms with Gasteiger partial charge in [0.15, 0.2) is 18.2 Å². The van der Waals surface area contributed by atoms with Gasteiger partial charge in [-0.15, -0.1) is 0 Å². The summed E-state index contributed by atoms with van der Waals surface area (Å²) in [5, 5.41) is 51.8. The summed E-state index contributed by atoms with van der Waals surface area (Å²) in [5.74, 6) is -6.51. The molecular formula is C44H60O12. The Hall–Kier alpha value is -3.52. The third kappa shape index (κ3) is 8.95. The zero-order valence-corrected chi connectivity index (χ0v) is 33.8. The lowest BCUT2D eigenvalue weighted by molar-refractivity contribution is -0.274. The Labute approximate surface area is 329 Å². The molecule has 15 atom stereocenters. The summed E-state index contributed by atoms with van der Waals surface area (Å²) in [6.07, 6.45) is 6.63. The lowest BCUT2D eigenvalue weighted by Gasteiger charge is -2.45. The first kappa shape index (κ1) is 43.6. The van der Waals surface area contributed by atoms with Crippen LogP contribution in [0.15, 0.2) is 69.9 Å².